The van der Waals surface area contributed by atoms with Gasteiger partial charge < -0.3 is 10.6 Å². The predicted molar refractivity (Wildman–Crippen MR) is 110 cm³/mol. The molecule has 0 radical (unpaired) electrons. The first-order chi connectivity index (χ1) is 13.6. The van der Waals surface area contributed by atoms with Crippen molar-refractivity contribution in [1.82, 2.24) is 9.55 Å². The van der Waals surface area contributed by atoms with Crippen molar-refractivity contribution in [2.45, 2.75) is 6.92 Å². The minimum absolute atomic E-state index is 0.150. The van der Waals surface area contributed by atoms with Gasteiger partial charge in [-0.1, -0.05) is 12.1 Å². The molecule has 0 spiro atoms. The highest BCUT2D eigenvalue weighted by molar-refractivity contribution is 6.04. The van der Waals surface area contributed by atoms with Gasteiger partial charge in [0.15, 0.2) is 0 Å². The Balaban J connectivity index is 1.48. The maximum Gasteiger partial charge on any atom is 0.255 e. The highest BCUT2D eigenvalue weighted by atomic mass is 16.2. The summed E-state index contributed by atoms with van der Waals surface area (Å²) in [7, 11) is 0. The standard InChI is InChI=1S/C22H18N4O2/c1-15(27)24-17-8-6-16(7-9-17)22(28)25-18-10-12-19(13-11-18)26-14-23-20-4-2-3-5-21(20)26/h2-14H,1H3,(H,24,27)(H,25,28). The third kappa shape index (κ3) is 3.61. The molecule has 0 bridgehead atoms. The van der Waals surface area contributed by atoms with Crippen molar-refractivity contribution in [2.24, 2.45) is 0 Å². The number of fused-ring (bicyclic) bond motifs is 1. The molecular weight excluding hydrogens is 352 g/mol. The maximum absolute atomic E-state index is 12.4. The number of carbonyl (C=O) groups is 2. The molecule has 0 atom stereocenters. The molecule has 0 saturated heterocycles. The molecule has 28 heavy (non-hydrogen) atoms. The number of hydrogen-bond acceptors (Lipinski definition) is 3. The average Bonchev–Trinajstić information content (AvgIpc) is 3.13. The van der Waals surface area contributed by atoms with E-state index in [1.165, 1.54) is 6.92 Å². The Kier molecular flexibility index (Phi) is 4.60. The summed E-state index contributed by atoms with van der Waals surface area (Å²) in [6.45, 7) is 1.44. The molecule has 6 heteroatoms. The fourth-order valence-corrected chi connectivity index (χ4v) is 2.98. The van der Waals surface area contributed by atoms with E-state index < -0.39 is 0 Å². The number of benzene rings is 3. The molecule has 138 valence electrons. The topological polar surface area (TPSA) is 76.0 Å². The minimum atomic E-state index is -0.213. The Labute approximate surface area is 161 Å². The van der Waals surface area contributed by atoms with Gasteiger partial charge >= 0.3 is 0 Å². The summed E-state index contributed by atoms with van der Waals surface area (Å²) in [5, 5.41) is 5.55. The summed E-state index contributed by atoms with van der Waals surface area (Å²) in [6, 6.07) is 22.2. The average molecular weight is 370 g/mol. The van der Waals surface area contributed by atoms with Crippen LogP contribution in [0.4, 0.5) is 11.4 Å². The van der Waals surface area contributed by atoms with Crippen LogP contribution in [0.2, 0.25) is 0 Å². The van der Waals surface area contributed by atoms with E-state index in [1.54, 1.807) is 30.6 Å². The fourth-order valence-electron chi connectivity index (χ4n) is 2.98. The number of para-hydroxylation sites is 2. The van der Waals surface area contributed by atoms with Crippen LogP contribution >= 0.6 is 0 Å². The van der Waals surface area contributed by atoms with E-state index in [1.807, 2.05) is 53.1 Å². The van der Waals surface area contributed by atoms with Crippen LogP contribution in [-0.2, 0) is 4.79 Å². The van der Waals surface area contributed by atoms with Crippen molar-refractivity contribution in [3.8, 4) is 5.69 Å². The number of anilines is 2. The number of hydrogen-bond donors (Lipinski definition) is 2. The summed E-state index contributed by atoms with van der Waals surface area (Å²) in [5.41, 5.74) is 4.79. The van der Waals surface area contributed by atoms with Gasteiger partial charge in [-0.3, -0.25) is 14.2 Å². The van der Waals surface area contributed by atoms with E-state index in [-0.39, 0.29) is 11.8 Å². The number of nitrogens with zero attached hydrogens (tertiary/aromatic N) is 2. The number of carbonyl (C=O) groups excluding carboxylic acids is 2. The van der Waals surface area contributed by atoms with Crippen LogP contribution in [0.1, 0.15) is 17.3 Å². The van der Waals surface area contributed by atoms with E-state index in [9.17, 15) is 9.59 Å². The molecule has 4 aromatic rings. The number of aromatic nitrogens is 2. The molecule has 1 aromatic heterocycles. The van der Waals surface area contributed by atoms with Gasteiger partial charge in [-0.25, -0.2) is 4.98 Å². The first-order valence-electron chi connectivity index (χ1n) is 8.82. The van der Waals surface area contributed by atoms with Crippen molar-refractivity contribution >= 4 is 34.2 Å². The lowest BCUT2D eigenvalue weighted by Gasteiger charge is -2.09. The maximum atomic E-state index is 12.4. The van der Waals surface area contributed by atoms with Crippen LogP contribution in [0.5, 0.6) is 0 Å². The summed E-state index contributed by atoms with van der Waals surface area (Å²) in [6.07, 6.45) is 1.79. The molecule has 0 unspecified atom stereocenters. The zero-order valence-corrected chi connectivity index (χ0v) is 15.2. The molecule has 6 nitrogen and oxygen atoms in total. The smallest absolute Gasteiger partial charge is 0.255 e. The summed E-state index contributed by atoms with van der Waals surface area (Å²) < 4.78 is 2.00. The largest absolute Gasteiger partial charge is 0.326 e. The molecule has 2 amide bonds. The second-order valence-electron chi connectivity index (χ2n) is 6.36. The zero-order chi connectivity index (χ0) is 19.5. The van der Waals surface area contributed by atoms with Gasteiger partial charge in [0.05, 0.1) is 11.0 Å². The Bertz CT molecular complexity index is 1150. The minimum Gasteiger partial charge on any atom is -0.326 e. The van der Waals surface area contributed by atoms with E-state index in [0.29, 0.717) is 16.9 Å². The van der Waals surface area contributed by atoms with Gasteiger partial charge in [0, 0.05) is 29.5 Å². The second-order valence-corrected chi connectivity index (χ2v) is 6.36. The molecule has 0 fully saturated rings. The van der Waals surface area contributed by atoms with E-state index in [2.05, 4.69) is 15.6 Å². The van der Waals surface area contributed by atoms with Crippen molar-refractivity contribution in [2.75, 3.05) is 10.6 Å². The molecule has 0 aliphatic carbocycles. The fraction of sp³-hybridized carbons (Fsp3) is 0.0455. The highest BCUT2D eigenvalue weighted by Crippen LogP contribution is 2.20. The molecular formula is C22H18N4O2. The Morgan fingerprint density at radius 2 is 1.46 bits per heavy atom. The predicted octanol–water partition coefficient (Wildman–Crippen LogP) is 4.24. The van der Waals surface area contributed by atoms with Gasteiger partial charge in [-0.15, -0.1) is 0 Å². The van der Waals surface area contributed by atoms with Crippen molar-refractivity contribution in [1.29, 1.82) is 0 Å². The number of amides is 2. The first kappa shape index (κ1) is 17.5. The lowest BCUT2D eigenvalue weighted by molar-refractivity contribution is -0.114. The number of rotatable bonds is 4. The van der Waals surface area contributed by atoms with Crippen molar-refractivity contribution in [3.05, 3.63) is 84.7 Å². The Hall–Kier alpha value is -3.93. The number of imidazole rings is 1. The molecule has 2 N–H and O–H groups in total. The van der Waals surface area contributed by atoms with Crippen LogP contribution < -0.4 is 10.6 Å². The molecule has 0 saturated carbocycles. The van der Waals surface area contributed by atoms with E-state index in [4.69, 9.17) is 0 Å². The normalized spacial score (nSPS) is 10.6. The lowest BCUT2D eigenvalue weighted by atomic mass is 10.2. The summed E-state index contributed by atoms with van der Waals surface area (Å²) >= 11 is 0. The summed E-state index contributed by atoms with van der Waals surface area (Å²) in [5.74, 6) is -0.363. The molecule has 3 aromatic carbocycles. The quantitative estimate of drug-likeness (QED) is 0.564. The monoisotopic (exact) mass is 370 g/mol. The van der Waals surface area contributed by atoms with E-state index >= 15 is 0 Å². The third-order valence-corrected chi connectivity index (χ3v) is 4.32. The molecule has 1 heterocycles. The number of nitrogens with one attached hydrogen (secondary N) is 2. The summed E-state index contributed by atoms with van der Waals surface area (Å²) in [4.78, 5) is 27.9. The van der Waals surface area contributed by atoms with Crippen LogP contribution in [0.3, 0.4) is 0 Å². The molecule has 0 aliphatic heterocycles. The second kappa shape index (κ2) is 7.36. The van der Waals surface area contributed by atoms with Crippen LogP contribution in [-0.4, -0.2) is 21.4 Å². The van der Waals surface area contributed by atoms with Gasteiger partial charge in [-0.2, -0.15) is 0 Å². The zero-order valence-electron chi connectivity index (χ0n) is 15.2. The van der Waals surface area contributed by atoms with Gasteiger partial charge in [0.25, 0.3) is 5.91 Å². The van der Waals surface area contributed by atoms with Gasteiger partial charge in [0.1, 0.15) is 6.33 Å². The van der Waals surface area contributed by atoms with E-state index in [0.717, 1.165) is 16.7 Å². The molecule has 0 aliphatic rings. The Morgan fingerprint density at radius 1 is 0.821 bits per heavy atom. The SMILES string of the molecule is CC(=O)Nc1ccc(C(=O)Nc2ccc(-n3cnc4ccccc43)cc2)cc1. The molecule has 4 rings (SSSR count). The first-order valence-corrected chi connectivity index (χ1v) is 8.82. The van der Waals surface area contributed by atoms with Crippen molar-refractivity contribution < 1.29 is 9.59 Å². The van der Waals surface area contributed by atoms with Gasteiger partial charge in [0.2, 0.25) is 5.91 Å². The third-order valence-electron chi connectivity index (χ3n) is 4.32. The van der Waals surface area contributed by atoms with Crippen molar-refractivity contribution in [3.63, 3.8) is 0 Å². The van der Waals surface area contributed by atoms with Gasteiger partial charge in [-0.05, 0) is 60.7 Å². The van der Waals surface area contributed by atoms with Crippen LogP contribution in [0.15, 0.2) is 79.1 Å². The van der Waals surface area contributed by atoms with Crippen LogP contribution in [0, 0.1) is 0 Å². The lowest BCUT2D eigenvalue weighted by Crippen LogP contribution is -2.12. The van der Waals surface area contributed by atoms with Crippen LogP contribution in [0.25, 0.3) is 16.7 Å². The Morgan fingerprint density at radius 3 is 2.18 bits per heavy atom. The highest BCUT2D eigenvalue weighted by Gasteiger charge is 2.08.